The summed E-state index contributed by atoms with van der Waals surface area (Å²) >= 11 is 0. The van der Waals surface area contributed by atoms with Crippen LogP contribution in [0, 0.1) is 6.42 Å². The molecule has 0 radical (unpaired) electrons. The van der Waals surface area contributed by atoms with Crippen molar-refractivity contribution in [3.63, 3.8) is 0 Å². The Hall–Kier alpha value is -2.10. The van der Waals surface area contributed by atoms with Crippen molar-refractivity contribution in [2.24, 2.45) is 0 Å². The zero-order chi connectivity index (χ0) is 13.0. The Morgan fingerprint density at radius 2 is 2.06 bits per heavy atom. The first-order valence-electron chi connectivity index (χ1n) is 6.01. The molecule has 0 saturated heterocycles. The lowest BCUT2D eigenvalue weighted by atomic mass is 10.1. The van der Waals surface area contributed by atoms with Crippen LogP contribution < -0.4 is 4.90 Å². The Bertz CT molecular complexity index is 468. The lowest BCUT2D eigenvalue weighted by Crippen LogP contribution is -2.34. The fourth-order valence-corrected chi connectivity index (χ4v) is 1.82. The molecule has 1 amide bonds. The summed E-state index contributed by atoms with van der Waals surface area (Å²) in [6.07, 6.45) is 3.29. The molecule has 18 heavy (non-hydrogen) atoms. The lowest BCUT2D eigenvalue weighted by molar-refractivity contribution is 0.150. The van der Waals surface area contributed by atoms with Crippen LogP contribution in [-0.2, 0) is 9.47 Å². The molecule has 4 heteroatoms. The van der Waals surface area contributed by atoms with E-state index in [2.05, 4.69) is 0 Å². The van der Waals surface area contributed by atoms with Crippen molar-refractivity contribution in [3.05, 3.63) is 48.2 Å². The van der Waals surface area contributed by atoms with Gasteiger partial charge >= 0.3 is 6.09 Å². The lowest BCUT2D eigenvalue weighted by Gasteiger charge is -2.36. The minimum atomic E-state index is -0.419. The van der Waals surface area contributed by atoms with Crippen LogP contribution in [0.15, 0.2) is 36.2 Å². The molecule has 1 aromatic rings. The van der Waals surface area contributed by atoms with Gasteiger partial charge in [0.2, 0.25) is 0 Å². The van der Waals surface area contributed by atoms with Gasteiger partial charge in [-0.3, -0.25) is 4.90 Å². The number of ether oxygens (including phenoxy) is 2. The van der Waals surface area contributed by atoms with E-state index in [-0.39, 0.29) is 0 Å². The minimum absolute atomic E-state index is 0.334. The van der Waals surface area contributed by atoms with Gasteiger partial charge in [-0.1, -0.05) is 18.2 Å². The Labute approximate surface area is 107 Å². The number of rotatable bonds is 3. The highest BCUT2D eigenvalue weighted by Crippen LogP contribution is 2.31. The first-order chi connectivity index (χ1) is 8.77. The topological polar surface area (TPSA) is 38.8 Å². The van der Waals surface area contributed by atoms with E-state index in [1.165, 1.54) is 4.90 Å². The van der Waals surface area contributed by atoms with Crippen molar-refractivity contribution in [2.75, 3.05) is 18.1 Å². The van der Waals surface area contributed by atoms with E-state index in [0.717, 1.165) is 11.3 Å². The number of carbonyl (C=O) groups excluding carboxylic acids is 1. The maximum absolute atomic E-state index is 12.0. The van der Waals surface area contributed by atoms with Gasteiger partial charge in [-0.2, -0.15) is 0 Å². The van der Waals surface area contributed by atoms with Crippen LogP contribution in [0.1, 0.15) is 19.4 Å². The number of anilines is 1. The summed E-state index contributed by atoms with van der Waals surface area (Å²) in [6, 6.07) is 7.63. The Morgan fingerprint density at radius 1 is 1.28 bits per heavy atom. The summed E-state index contributed by atoms with van der Waals surface area (Å²) in [5.74, 6) is 0.495. The molecule has 1 heterocycles. The second-order valence-electron chi connectivity index (χ2n) is 3.70. The smallest absolute Gasteiger partial charge is 0.404 e. The highest BCUT2D eigenvalue weighted by molar-refractivity contribution is 5.93. The Balaban J connectivity index is 2.36. The monoisotopic (exact) mass is 246 g/mol. The van der Waals surface area contributed by atoms with Crippen LogP contribution in [0.3, 0.4) is 0 Å². The van der Waals surface area contributed by atoms with Gasteiger partial charge in [0.05, 0.1) is 13.2 Å². The minimum Gasteiger partial charge on any atom is -0.522 e. The molecule has 0 spiro atoms. The molecule has 0 saturated carbocycles. The molecule has 0 atom stereocenters. The third-order valence-corrected chi connectivity index (χ3v) is 2.55. The van der Waals surface area contributed by atoms with E-state index in [9.17, 15) is 4.79 Å². The predicted molar refractivity (Wildman–Crippen MR) is 69.1 cm³/mol. The van der Waals surface area contributed by atoms with Crippen molar-refractivity contribution in [2.45, 2.75) is 13.8 Å². The van der Waals surface area contributed by atoms with Gasteiger partial charge in [-0.25, -0.2) is 4.79 Å². The number of nitrogens with zero attached hydrogens (tertiary/aromatic N) is 1. The molecule has 4 nitrogen and oxygen atoms in total. The van der Waals surface area contributed by atoms with Gasteiger partial charge in [0.15, 0.2) is 0 Å². The molecule has 0 aliphatic carbocycles. The third-order valence-electron chi connectivity index (χ3n) is 2.55. The second-order valence-corrected chi connectivity index (χ2v) is 3.70. The number of carbonyl (C=O) groups is 1. The highest BCUT2D eigenvalue weighted by atomic mass is 16.6. The standard InChI is InChI=1S/C14H16NO3/c1-3-17-13-10-9-11-7-5-6-8-12(11)15(13)14(16)18-4-2/h5-10H,3-4H2,1-2H3/q-1. The van der Waals surface area contributed by atoms with E-state index in [1.54, 1.807) is 13.0 Å². The summed E-state index contributed by atoms with van der Waals surface area (Å²) < 4.78 is 10.5. The van der Waals surface area contributed by atoms with Crippen LogP contribution in [0.25, 0.3) is 0 Å². The SMILES string of the molecule is CCOC(=O)N1C(OCC)=C[CH-]c2ccccc21. The highest BCUT2D eigenvalue weighted by Gasteiger charge is 2.21. The molecule has 0 N–H and O–H groups in total. The third kappa shape index (κ3) is 2.27. The maximum Gasteiger partial charge on any atom is 0.404 e. The average molecular weight is 246 g/mol. The van der Waals surface area contributed by atoms with Gasteiger partial charge in [-0.15, -0.1) is 24.1 Å². The van der Waals surface area contributed by atoms with E-state index in [4.69, 9.17) is 9.47 Å². The largest absolute Gasteiger partial charge is 0.522 e. The van der Waals surface area contributed by atoms with E-state index < -0.39 is 6.09 Å². The van der Waals surface area contributed by atoms with E-state index in [1.807, 2.05) is 37.6 Å². The van der Waals surface area contributed by atoms with Gasteiger partial charge in [-0.05, 0) is 19.5 Å². The Morgan fingerprint density at radius 3 is 2.78 bits per heavy atom. The van der Waals surface area contributed by atoms with Crippen molar-refractivity contribution in [3.8, 4) is 0 Å². The van der Waals surface area contributed by atoms with E-state index in [0.29, 0.717) is 19.1 Å². The number of hydrogen-bond donors (Lipinski definition) is 0. The van der Waals surface area contributed by atoms with Gasteiger partial charge in [0.1, 0.15) is 5.88 Å². The summed E-state index contributed by atoms with van der Waals surface area (Å²) in [5, 5.41) is 0. The fourth-order valence-electron chi connectivity index (χ4n) is 1.82. The second kappa shape index (κ2) is 5.49. The van der Waals surface area contributed by atoms with Crippen LogP contribution in [0.5, 0.6) is 0 Å². The number of hydrogen-bond acceptors (Lipinski definition) is 3. The first-order valence-corrected chi connectivity index (χ1v) is 6.01. The molecular weight excluding hydrogens is 230 g/mol. The van der Waals surface area contributed by atoms with E-state index >= 15 is 0 Å². The van der Waals surface area contributed by atoms with Gasteiger partial charge in [0, 0.05) is 0 Å². The molecule has 0 aromatic heterocycles. The van der Waals surface area contributed by atoms with Gasteiger partial charge in [0.25, 0.3) is 0 Å². The van der Waals surface area contributed by atoms with Crippen molar-refractivity contribution in [1.29, 1.82) is 0 Å². The van der Waals surface area contributed by atoms with Crippen molar-refractivity contribution < 1.29 is 14.3 Å². The number of para-hydroxylation sites is 1. The molecule has 0 bridgehead atoms. The van der Waals surface area contributed by atoms with Crippen molar-refractivity contribution >= 4 is 11.8 Å². The van der Waals surface area contributed by atoms with Gasteiger partial charge < -0.3 is 9.47 Å². The molecule has 0 unspecified atom stereocenters. The van der Waals surface area contributed by atoms with Crippen LogP contribution >= 0.6 is 0 Å². The molecule has 2 rings (SSSR count). The normalized spacial score (nSPS) is 13.2. The fraction of sp³-hybridized carbons (Fsp3) is 0.286. The molecule has 96 valence electrons. The van der Waals surface area contributed by atoms with Crippen LogP contribution in [-0.4, -0.2) is 19.3 Å². The zero-order valence-corrected chi connectivity index (χ0v) is 10.6. The summed E-state index contributed by atoms with van der Waals surface area (Å²) in [6.45, 7) is 4.49. The summed E-state index contributed by atoms with van der Waals surface area (Å²) in [7, 11) is 0. The molecule has 0 fully saturated rings. The number of allylic oxidation sites excluding steroid dienone is 1. The molecule has 1 aliphatic heterocycles. The molecule has 1 aromatic carbocycles. The summed E-state index contributed by atoms with van der Waals surface area (Å²) in [4.78, 5) is 13.5. The van der Waals surface area contributed by atoms with Crippen LogP contribution in [0.4, 0.5) is 10.5 Å². The molecular formula is C14H16NO3-. The van der Waals surface area contributed by atoms with Crippen molar-refractivity contribution in [1.82, 2.24) is 0 Å². The number of amides is 1. The predicted octanol–water partition coefficient (Wildman–Crippen LogP) is 3.09. The summed E-state index contributed by atoms with van der Waals surface area (Å²) in [5.41, 5.74) is 1.75. The zero-order valence-electron chi connectivity index (χ0n) is 10.6. The quantitative estimate of drug-likeness (QED) is 0.769. The number of benzene rings is 1. The van der Waals surface area contributed by atoms with Crippen LogP contribution in [0.2, 0.25) is 0 Å². The first kappa shape index (κ1) is 12.4. The number of fused-ring (bicyclic) bond motifs is 1. The molecule has 1 aliphatic rings. The Kier molecular flexibility index (Phi) is 3.77. The maximum atomic E-state index is 12.0. The average Bonchev–Trinajstić information content (AvgIpc) is 2.39.